The van der Waals surface area contributed by atoms with Crippen molar-refractivity contribution in [1.29, 1.82) is 0 Å². The molecule has 0 saturated heterocycles. The van der Waals surface area contributed by atoms with E-state index in [-0.39, 0.29) is 0 Å². The van der Waals surface area contributed by atoms with Crippen molar-refractivity contribution in [2.45, 2.75) is 0 Å². The number of amidine groups is 1. The van der Waals surface area contributed by atoms with Crippen LogP contribution in [0.5, 0.6) is 11.5 Å². The van der Waals surface area contributed by atoms with Gasteiger partial charge in [0.2, 0.25) is 0 Å². The van der Waals surface area contributed by atoms with E-state index in [1.54, 1.807) is 14.2 Å². The van der Waals surface area contributed by atoms with Crippen molar-refractivity contribution in [3.05, 3.63) is 60.2 Å². The Morgan fingerprint density at radius 3 is 2.57 bits per heavy atom. The standard InChI is InChI=1S/C23H24N2O3/c1-26-13-14-28-22-19(23-24-11-12-25-23)15-16-7-3-4-8-17(16)21(22)18-9-5-6-10-20(18)27-2/h3-10,15H,11-14H2,1-2H3,(H,24,25). The first-order chi connectivity index (χ1) is 13.8. The van der Waals surface area contributed by atoms with Gasteiger partial charge in [0.1, 0.15) is 23.9 Å². The molecule has 0 spiro atoms. The second-order valence-corrected chi connectivity index (χ2v) is 6.55. The van der Waals surface area contributed by atoms with Crippen LogP contribution in [-0.4, -0.2) is 46.4 Å². The van der Waals surface area contributed by atoms with E-state index in [9.17, 15) is 0 Å². The van der Waals surface area contributed by atoms with Gasteiger partial charge in [-0.1, -0.05) is 42.5 Å². The van der Waals surface area contributed by atoms with Gasteiger partial charge < -0.3 is 19.5 Å². The van der Waals surface area contributed by atoms with Gasteiger partial charge in [0, 0.05) is 24.8 Å². The third-order valence-electron chi connectivity index (χ3n) is 4.84. The molecule has 0 fully saturated rings. The average Bonchev–Trinajstić information content (AvgIpc) is 3.28. The van der Waals surface area contributed by atoms with Gasteiger partial charge in [-0.3, -0.25) is 4.99 Å². The lowest BCUT2D eigenvalue weighted by Gasteiger charge is -2.20. The smallest absolute Gasteiger partial charge is 0.138 e. The van der Waals surface area contributed by atoms with Gasteiger partial charge in [-0.15, -0.1) is 0 Å². The molecule has 0 saturated carbocycles. The van der Waals surface area contributed by atoms with Gasteiger partial charge >= 0.3 is 0 Å². The number of aliphatic imine (C=N–C) groups is 1. The Morgan fingerprint density at radius 1 is 0.964 bits per heavy atom. The summed E-state index contributed by atoms with van der Waals surface area (Å²) in [5.41, 5.74) is 2.97. The minimum Gasteiger partial charge on any atom is -0.496 e. The molecule has 1 aliphatic rings. The van der Waals surface area contributed by atoms with Gasteiger partial charge in [-0.25, -0.2) is 0 Å². The predicted octanol–water partition coefficient (Wildman–Crippen LogP) is 3.89. The van der Waals surface area contributed by atoms with Crippen molar-refractivity contribution in [1.82, 2.24) is 5.32 Å². The van der Waals surface area contributed by atoms with E-state index in [4.69, 9.17) is 14.2 Å². The molecule has 0 bridgehead atoms. The Hall–Kier alpha value is -3.05. The first-order valence-electron chi connectivity index (χ1n) is 9.43. The number of para-hydroxylation sites is 1. The summed E-state index contributed by atoms with van der Waals surface area (Å²) in [6, 6.07) is 18.5. The SMILES string of the molecule is COCCOc1c(C2=NCCN2)cc2ccccc2c1-c1ccccc1OC. The van der Waals surface area contributed by atoms with E-state index in [1.807, 2.05) is 30.3 Å². The van der Waals surface area contributed by atoms with Gasteiger partial charge in [0.05, 0.1) is 25.8 Å². The number of nitrogens with zero attached hydrogens (tertiary/aromatic N) is 1. The number of methoxy groups -OCH3 is 2. The summed E-state index contributed by atoms with van der Waals surface area (Å²) < 4.78 is 17.2. The summed E-state index contributed by atoms with van der Waals surface area (Å²) in [5, 5.41) is 5.63. The van der Waals surface area contributed by atoms with E-state index in [0.29, 0.717) is 13.2 Å². The Morgan fingerprint density at radius 2 is 1.79 bits per heavy atom. The summed E-state index contributed by atoms with van der Waals surface area (Å²) in [6.07, 6.45) is 0. The van der Waals surface area contributed by atoms with Gasteiger partial charge in [-0.05, 0) is 22.9 Å². The fourth-order valence-corrected chi connectivity index (χ4v) is 3.58. The maximum absolute atomic E-state index is 6.28. The van der Waals surface area contributed by atoms with Gasteiger partial charge in [0.25, 0.3) is 0 Å². The van der Waals surface area contributed by atoms with Gasteiger partial charge in [-0.2, -0.15) is 0 Å². The fraction of sp³-hybridized carbons (Fsp3) is 0.261. The molecule has 28 heavy (non-hydrogen) atoms. The zero-order valence-electron chi connectivity index (χ0n) is 16.2. The zero-order valence-corrected chi connectivity index (χ0v) is 16.2. The molecule has 1 N–H and O–H groups in total. The topological polar surface area (TPSA) is 52.1 Å². The zero-order chi connectivity index (χ0) is 19.3. The van der Waals surface area contributed by atoms with Crippen molar-refractivity contribution in [2.75, 3.05) is 40.5 Å². The summed E-state index contributed by atoms with van der Waals surface area (Å²) in [7, 11) is 3.37. The maximum Gasteiger partial charge on any atom is 0.138 e. The van der Waals surface area contributed by atoms with Crippen LogP contribution in [0.3, 0.4) is 0 Å². The van der Waals surface area contributed by atoms with E-state index in [1.165, 1.54) is 0 Å². The average molecular weight is 376 g/mol. The van der Waals surface area contributed by atoms with Crippen LogP contribution in [0.4, 0.5) is 0 Å². The van der Waals surface area contributed by atoms with Crippen molar-refractivity contribution in [2.24, 2.45) is 4.99 Å². The Kier molecular flexibility index (Phi) is 5.44. The molecule has 1 heterocycles. The van der Waals surface area contributed by atoms with Crippen molar-refractivity contribution in [3.63, 3.8) is 0 Å². The van der Waals surface area contributed by atoms with E-state index < -0.39 is 0 Å². The highest BCUT2D eigenvalue weighted by Gasteiger charge is 2.23. The lowest BCUT2D eigenvalue weighted by Crippen LogP contribution is -2.21. The lowest BCUT2D eigenvalue weighted by molar-refractivity contribution is 0.146. The largest absolute Gasteiger partial charge is 0.496 e. The molecule has 3 aromatic rings. The highest BCUT2D eigenvalue weighted by molar-refractivity contribution is 6.11. The molecule has 5 heteroatoms. The van der Waals surface area contributed by atoms with Crippen molar-refractivity contribution < 1.29 is 14.2 Å². The number of benzene rings is 3. The van der Waals surface area contributed by atoms with Crippen molar-refractivity contribution in [3.8, 4) is 22.6 Å². The molecule has 4 rings (SSSR count). The highest BCUT2D eigenvalue weighted by atomic mass is 16.5. The molecule has 144 valence electrons. The molecule has 1 aliphatic heterocycles. The number of hydrogen-bond acceptors (Lipinski definition) is 5. The molecule has 0 aromatic heterocycles. The third kappa shape index (κ3) is 3.41. The minimum absolute atomic E-state index is 0.456. The number of fused-ring (bicyclic) bond motifs is 1. The first-order valence-corrected chi connectivity index (χ1v) is 9.43. The molecule has 0 atom stereocenters. The third-order valence-corrected chi connectivity index (χ3v) is 4.84. The van der Waals surface area contributed by atoms with Crippen LogP contribution in [0.1, 0.15) is 5.56 Å². The minimum atomic E-state index is 0.456. The van der Waals surface area contributed by atoms with E-state index >= 15 is 0 Å². The monoisotopic (exact) mass is 376 g/mol. The van der Waals surface area contributed by atoms with E-state index in [0.717, 1.165) is 57.9 Å². The summed E-state index contributed by atoms with van der Waals surface area (Å²) in [6.45, 7) is 2.57. The number of rotatable bonds is 7. The second kappa shape index (κ2) is 8.31. The van der Waals surface area contributed by atoms with Gasteiger partial charge in [0.15, 0.2) is 0 Å². The molecular weight excluding hydrogens is 352 g/mol. The maximum atomic E-state index is 6.28. The Bertz CT molecular complexity index is 1010. The number of ether oxygens (including phenoxy) is 3. The first kappa shape index (κ1) is 18.3. The van der Waals surface area contributed by atoms with Crippen LogP contribution >= 0.6 is 0 Å². The summed E-state index contributed by atoms with van der Waals surface area (Å²) in [4.78, 5) is 4.64. The summed E-state index contributed by atoms with van der Waals surface area (Å²) >= 11 is 0. The highest BCUT2D eigenvalue weighted by Crippen LogP contribution is 2.43. The molecule has 3 aromatic carbocycles. The number of nitrogens with one attached hydrogen (secondary N) is 1. The Balaban J connectivity index is 2.02. The van der Waals surface area contributed by atoms with E-state index in [2.05, 4.69) is 34.6 Å². The summed E-state index contributed by atoms with van der Waals surface area (Å²) in [5.74, 6) is 2.48. The van der Waals surface area contributed by atoms with Crippen molar-refractivity contribution >= 4 is 16.6 Å². The molecule has 0 radical (unpaired) electrons. The molecule has 5 nitrogen and oxygen atoms in total. The van der Waals surface area contributed by atoms with Crippen LogP contribution in [0, 0.1) is 0 Å². The molecule has 0 amide bonds. The molecular formula is C23H24N2O3. The van der Waals surface area contributed by atoms with Crippen LogP contribution < -0.4 is 14.8 Å². The van der Waals surface area contributed by atoms with Crippen LogP contribution in [-0.2, 0) is 4.74 Å². The molecule has 0 unspecified atom stereocenters. The van der Waals surface area contributed by atoms with Crippen LogP contribution in [0.15, 0.2) is 59.6 Å². The lowest BCUT2D eigenvalue weighted by atomic mass is 9.93. The fourth-order valence-electron chi connectivity index (χ4n) is 3.58. The normalized spacial score (nSPS) is 13.3. The Labute approximate surface area is 165 Å². The van der Waals surface area contributed by atoms with Crippen LogP contribution in [0.2, 0.25) is 0 Å². The number of hydrogen-bond donors (Lipinski definition) is 1. The van der Waals surface area contributed by atoms with Crippen LogP contribution in [0.25, 0.3) is 21.9 Å². The molecule has 0 aliphatic carbocycles. The quantitative estimate of drug-likeness (QED) is 0.636. The predicted molar refractivity (Wildman–Crippen MR) is 113 cm³/mol. The second-order valence-electron chi connectivity index (χ2n) is 6.55.